The summed E-state index contributed by atoms with van der Waals surface area (Å²) in [5.74, 6) is 0. The average Bonchev–Trinajstić information content (AvgIpc) is 2.50. The zero-order chi connectivity index (χ0) is 12.3. The maximum atomic E-state index is 5.74. The van der Waals surface area contributed by atoms with E-state index in [1.165, 1.54) is 0 Å². The number of hydrogen-bond donors (Lipinski definition) is 0. The molecule has 1 saturated heterocycles. The van der Waals surface area contributed by atoms with Gasteiger partial charge in [-0.3, -0.25) is 0 Å². The Morgan fingerprint density at radius 1 is 0.778 bits per heavy atom. The van der Waals surface area contributed by atoms with Crippen molar-refractivity contribution in [1.29, 1.82) is 0 Å². The van der Waals surface area contributed by atoms with Crippen LogP contribution in [0.2, 0.25) is 0 Å². The lowest BCUT2D eigenvalue weighted by molar-refractivity contribution is -0.377. The molecule has 0 unspecified atom stereocenters. The van der Waals surface area contributed by atoms with Crippen LogP contribution < -0.4 is 0 Å². The molecule has 1 heterocycles. The minimum absolute atomic E-state index is 0.458. The van der Waals surface area contributed by atoms with Gasteiger partial charge in [0.1, 0.15) is 0 Å². The van der Waals surface area contributed by atoms with Crippen molar-refractivity contribution in [2.75, 3.05) is 6.61 Å². The highest BCUT2D eigenvalue weighted by molar-refractivity contribution is 5.36. The predicted octanol–water partition coefficient (Wildman–Crippen LogP) is 3.67. The Morgan fingerprint density at radius 2 is 1.33 bits per heavy atom. The molecular weight excluding hydrogens is 224 g/mol. The lowest BCUT2D eigenvalue weighted by Crippen LogP contribution is -2.35. The summed E-state index contributed by atoms with van der Waals surface area (Å²) in [7, 11) is 0. The molecule has 0 bridgehead atoms. The third-order valence-corrected chi connectivity index (χ3v) is 3.44. The highest BCUT2D eigenvalue weighted by Gasteiger charge is 2.38. The maximum absolute atomic E-state index is 5.74. The van der Waals surface area contributed by atoms with E-state index in [1.54, 1.807) is 0 Å². The minimum Gasteiger partial charge on any atom is -0.235 e. The van der Waals surface area contributed by atoms with E-state index >= 15 is 0 Å². The van der Waals surface area contributed by atoms with Crippen LogP contribution in [0.4, 0.5) is 0 Å². The van der Waals surface area contributed by atoms with Gasteiger partial charge in [-0.05, 0) is 24.0 Å². The van der Waals surface area contributed by atoms with Gasteiger partial charge in [0, 0.05) is 0 Å². The van der Waals surface area contributed by atoms with Crippen LogP contribution >= 0.6 is 0 Å². The SMILES string of the molecule is c1ccc(C2(c3ccccc3)CCCOO2)cc1. The first-order chi connectivity index (χ1) is 8.92. The molecule has 18 heavy (non-hydrogen) atoms. The molecule has 0 atom stereocenters. The van der Waals surface area contributed by atoms with Crippen molar-refractivity contribution in [3.8, 4) is 0 Å². The molecule has 2 heteroatoms. The molecular formula is C16H16O2. The number of rotatable bonds is 2. The van der Waals surface area contributed by atoms with Crippen molar-refractivity contribution in [1.82, 2.24) is 0 Å². The molecule has 0 spiro atoms. The van der Waals surface area contributed by atoms with E-state index in [-0.39, 0.29) is 0 Å². The van der Waals surface area contributed by atoms with E-state index in [0.717, 1.165) is 24.0 Å². The Hall–Kier alpha value is -1.64. The Bertz CT molecular complexity index is 446. The van der Waals surface area contributed by atoms with Gasteiger partial charge in [0.15, 0.2) is 5.60 Å². The lowest BCUT2D eigenvalue weighted by atomic mass is 9.82. The molecule has 1 aliphatic rings. The molecule has 0 N–H and O–H groups in total. The Balaban J connectivity index is 2.10. The first kappa shape index (κ1) is 11.5. The molecule has 3 rings (SSSR count). The molecule has 0 saturated carbocycles. The maximum Gasteiger partial charge on any atom is 0.153 e. The van der Waals surface area contributed by atoms with Crippen LogP contribution in [0.1, 0.15) is 24.0 Å². The summed E-state index contributed by atoms with van der Waals surface area (Å²) in [6.45, 7) is 0.668. The van der Waals surface area contributed by atoms with Crippen molar-refractivity contribution in [3.05, 3.63) is 71.8 Å². The highest BCUT2D eigenvalue weighted by Crippen LogP contribution is 2.40. The summed E-state index contributed by atoms with van der Waals surface area (Å²) in [5.41, 5.74) is 1.84. The highest BCUT2D eigenvalue weighted by atomic mass is 17.2. The van der Waals surface area contributed by atoms with E-state index in [9.17, 15) is 0 Å². The third-order valence-electron chi connectivity index (χ3n) is 3.44. The number of benzene rings is 2. The van der Waals surface area contributed by atoms with Gasteiger partial charge in [-0.1, -0.05) is 60.7 Å². The van der Waals surface area contributed by atoms with E-state index in [1.807, 2.05) is 36.4 Å². The van der Waals surface area contributed by atoms with Gasteiger partial charge in [0.05, 0.1) is 6.61 Å². The fourth-order valence-electron chi connectivity index (χ4n) is 2.53. The van der Waals surface area contributed by atoms with Gasteiger partial charge in [0.2, 0.25) is 0 Å². The molecule has 2 aromatic rings. The molecule has 0 aromatic heterocycles. The van der Waals surface area contributed by atoms with Crippen LogP contribution in [-0.2, 0) is 15.4 Å². The molecule has 1 aliphatic heterocycles. The van der Waals surface area contributed by atoms with Crippen LogP contribution in [0.25, 0.3) is 0 Å². The largest absolute Gasteiger partial charge is 0.235 e. The van der Waals surface area contributed by atoms with Gasteiger partial charge >= 0.3 is 0 Å². The summed E-state index contributed by atoms with van der Waals surface area (Å²) in [5, 5.41) is 0. The Kier molecular flexibility index (Phi) is 3.13. The molecule has 2 nitrogen and oxygen atoms in total. The van der Waals surface area contributed by atoms with Crippen molar-refractivity contribution < 1.29 is 9.78 Å². The second kappa shape index (κ2) is 4.92. The zero-order valence-electron chi connectivity index (χ0n) is 10.2. The van der Waals surface area contributed by atoms with Crippen LogP contribution in [0, 0.1) is 0 Å². The summed E-state index contributed by atoms with van der Waals surface area (Å²) in [4.78, 5) is 11.0. The quantitative estimate of drug-likeness (QED) is 0.746. The molecule has 0 radical (unpaired) electrons. The van der Waals surface area contributed by atoms with Gasteiger partial charge < -0.3 is 0 Å². The van der Waals surface area contributed by atoms with Crippen LogP contribution in [0.15, 0.2) is 60.7 Å². The summed E-state index contributed by atoms with van der Waals surface area (Å²) >= 11 is 0. The van der Waals surface area contributed by atoms with E-state index in [0.29, 0.717) is 6.61 Å². The summed E-state index contributed by atoms with van der Waals surface area (Å²) in [6, 6.07) is 20.6. The van der Waals surface area contributed by atoms with Crippen molar-refractivity contribution >= 4 is 0 Å². The third kappa shape index (κ3) is 1.94. The van der Waals surface area contributed by atoms with Crippen molar-refractivity contribution in [2.24, 2.45) is 0 Å². The topological polar surface area (TPSA) is 18.5 Å². The second-order valence-corrected chi connectivity index (χ2v) is 4.57. The standard InChI is InChI=1S/C16H16O2/c1-3-8-14(9-4-1)16(12-7-13-17-18-16)15-10-5-2-6-11-15/h1-6,8-11H,7,12-13H2. The molecule has 2 aromatic carbocycles. The predicted molar refractivity (Wildman–Crippen MR) is 69.9 cm³/mol. The monoisotopic (exact) mass is 240 g/mol. The van der Waals surface area contributed by atoms with Gasteiger partial charge in [0.25, 0.3) is 0 Å². The number of hydrogen-bond acceptors (Lipinski definition) is 2. The lowest BCUT2D eigenvalue weighted by Gasteiger charge is -2.36. The smallest absolute Gasteiger partial charge is 0.153 e. The Morgan fingerprint density at radius 3 is 1.78 bits per heavy atom. The second-order valence-electron chi connectivity index (χ2n) is 4.57. The molecule has 1 fully saturated rings. The minimum atomic E-state index is -0.458. The van der Waals surface area contributed by atoms with E-state index in [4.69, 9.17) is 9.78 Å². The van der Waals surface area contributed by atoms with E-state index in [2.05, 4.69) is 24.3 Å². The average molecular weight is 240 g/mol. The fraction of sp³-hybridized carbons (Fsp3) is 0.250. The summed E-state index contributed by atoms with van der Waals surface area (Å²) < 4.78 is 0. The summed E-state index contributed by atoms with van der Waals surface area (Å²) in [6.07, 6.45) is 1.95. The van der Waals surface area contributed by atoms with E-state index < -0.39 is 5.60 Å². The van der Waals surface area contributed by atoms with Crippen LogP contribution in [0.5, 0.6) is 0 Å². The first-order valence-electron chi connectivity index (χ1n) is 6.33. The zero-order valence-corrected chi connectivity index (χ0v) is 10.2. The normalized spacial score (nSPS) is 18.4. The molecule has 0 amide bonds. The van der Waals surface area contributed by atoms with Gasteiger partial charge in [-0.15, -0.1) is 0 Å². The van der Waals surface area contributed by atoms with Crippen molar-refractivity contribution in [2.45, 2.75) is 18.4 Å². The van der Waals surface area contributed by atoms with Gasteiger partial charge in [-0.2, -0.15) is 0 Å². The molecule has 0 aliphatic carbocycles. The van der Waals surface area contributed by atoms with Crippen LogP contribution in [0.3, 0.4) is 0 Å². The van der Waals surface area contributed by atoms with Gasteiger partial charge in [-0.25, -0.2) is 9.78 Å². The van der Waals surface area contributed by atoms with Crippen molar-refractivity contribution in [3.63, 3.8) is 0 Å². The fourth-order valence-corrected chi connectivity index (χ4v) is 2.53. The Labute approximate surface area is 107 Å². The van der Waals surface area contributed by atoms with Crippen LogP contribution in [-0.4, -0.2) is 6.61 Å². The molecule has 92 valence electrons. The first-order valence-corrected chi connectivity index (χ1v) is 6.33.